The highest BCUT2D eigenvalue weighted by atomic mass is 16.3. The van der Waals surface area contributed by atoms with E-state index in [0.717, 1.165) is 37.5 Å². The molecule has 0 spiro atoms. The molecule has 0 aliphatic carbocycles. The SMILES string of the molecule is CCNCCN(C)Cc1cc2cc(C)ccc2o1. The third-order valence-electron chi connectivity index (χ3n) is 3.07. The Morgan fingerprint density at radius 2 is 2.11 bits per heavy atom. The molecule has 0 aliphatic rings. The molecule has 3 nitrogen and oxygen atoms in total. The minimum absolute atomic E-state index is 0.860. The minimum atomic E-state index is 0.860. The monoisotopic (exact) mass is 246 g/mol. The van der Waals surface area contributed by atoms with Gasteiger partial charge in [0.1, 0.15) is 11.3 Å². The maximum absolute atomic E-state index is 5.84. The zero-order chi connectivity index (χ0) is 13.0. The molecule has 1 aromatic heterocycles. The van der Waals surface area contributed by atoms with Crippen LogP contribution in [0, 0.1) is 6.92 Å². The van der Waals surface area contributed by atoms with E-state index in [1.807, 2.05) is 6.07 Å². The molecule has 0 bridgehead atoms. The molecule has 0 aliphatic heterocycles. The number of furan rings is 1. The van der Waals surface area contributed by atoms with E-state index in [2.05, 4.69) is 49.3 Å². The van der Waals surface area contributed by atoms with Crippen LogP contribution >= 0.6 is 0 Å². The first-order valence-corrected chi connectivity index (χ1v) is 6.57. The molecule has 0 radical (unpaired) electrons. The molecule has 2 aromatic rings. The number of aryl methyl sites for hydroxylation is 1. The van der Waals surface area contributed by atoms with Gasteiger partial charge in [0.05, 0.1) is 6.54 Å². The third kappa shape index (κ3) is 3.34. The molecule has 2 rings (SSSR count). The van der Waals surface area contributed by atoms with Crippen LogP contribution < -0.4 is 5.32 Å². The van der Waals surface area contributed by atoms with Gasteiger partial charge < -0.3 is 9.73 Å². The lowest BCUT2D eigenvalue weighted by atomic mass is 10.2. The lowest BCUT2D eigenvalue weighted by Gasteiger charge is -2.14. The van der Waals surface area contributed by atoms with Crippen molar-refractivity contribution >= 4 is 11.0 Å². The third-order valence-corrected chi connectivity index (χ3v) is 3.07. The van der Waals surface area contributed by atoms with Crippen molar-refractivity contribution in [3.05, 3.63) is 35.6 Å². The number of rotatable bonds is 6. The van der Waals surface area contributed by atoms with Gasteiger partial charge in [-0.15, -0.1) is 0 Å². The van der Waals surface area contributed by atoms with Crippen LogP contribution in [0.3, 0.4) is 0 Å². The van der Waals surface area contributed by atoms with Crippen LogP contribution in [-0.4, -0.2) is 31.6 Å². The standard InChI is InChI=1S/C15H22N2O/c1-4-16-7-8-17(3)11-14-10-13-9-12(2)5-6-15(13)18-14/h5-6,9-10,16H,4,7-8,11H2,1-3H3. The predicted octanol–water partition coefficient (Wildman–Crippen LogP) is 2.78. The first kappa shape index (κ1) is 13.1. The van der Waals surface area contributed by atoms with Crippen LogP contribution in [-0.2, 0) is 6.54 Å². The zero-order valence-corrected chi connectivity index (χ0v) is 11.5. The molecule has 1 aromatic carbocycles. The molecule has 0 atom stereocenters. The lowest BCUT2D eigenvalue weighted by molar-refractivity contribution is 0.299. The number of fused-ring (bicyclic) bond motifs is 1. The molecule has 0 unspecified atom stereocenters. The topological polar surface area (TPSA) is 28.4 Å². The average Bonchev–Trinajstić information content (AvgIpc) is 2.70. The van der Waals surface area contributed by atoms with Crippen molar-refractivity contribution in [3.8, 4) is 0 Å². The van der Waals surface area contributed by atoms with Crippen molar-refractivity contribution in [1.29, 1.82) is 0 Å². The van der Waals surface area contributed by atoms with Crippen molar-refractivity contribution in [2.75, 3.05) is 26.7 Å². The van der Waals surface area contributed by atoms with Crippen molar-refractivity contribution in [3.63, 3.8) is 0 Å². The molecule has 98 valence electrons. The summed E-state index contributed by atoms with van der Waals surface area (Å²) in [6, 6.07) is 8.45. The van der Waals surface area contributed by atoms with Gasteiger partial charge in [0, 0.05) is 18.5 Å². The number of nitrogens with one attached hydrogen (secondary N) is 1. The molecule has 0 saturated carbocycles. The largest absolute Gasteiger partial charge is 0.460 e. The fourth-order valence-electron chi connectivity index (χ4n) is 2.09. The molecule has 18 heavy (non-hydrogen) atoms. The maximum Gasteiger partial charge on any atom is 0.134 e. The van der Waals surface area contributed by atoms with Crippen LogP contribution in [0.15, 0.2) is 28.7 Å². The molecular weight excluding hydrogens is 224 g/mol. The highest BCUT2D eigenvalue weighted by molar-refractivity contribution is 5.78. The molecule has 0 fully saturated rings. The summed E-state index contributed by atoms with van der Waals surface area (Å²) < 4.78 is 5.84. The quantitative estimate of drug-likeness (QED) is 0.794. The van der Waals surface area contributed by atoms with Crippen molar-refractivity contribution in [2.45, 2.75) is 20.4 Å². The Balaban J connectivity index is 1.98. The van der Waals surface area contributed by atoms with Crippen LogP contribution in [0.5, 0.6) is 0 Å². The van der Waals surface area contributed by atoms with E-state index in [-0.39, 0.29) is 0 Å². The Kier molecular flexibility index (Phi) is 4.39. The summed E-state index contributed by atoms with van der Waals surface area (Å²) in [5.74, 6) is 1.04. The minimum Gasteiger partial charge on any atom is -0.460 e. The highest BCUT2D eigenvalue weighted by Crippen LogP contribution is 2.21. The van der Waals surface area contributed by atoms with E-state index in [1.54, 1.807) is 0 Å². The van der Waals surface area contributed by atoms with Crippen molar-refractivity contribution in [1.82, 2.24) is 10.2 Å². The first-order chi connectivity index (χ1) is 8.69. The Hall–Kier alpha value is -1.32. The molecule has 1 heterocycles. The van der Waals surface area contributed by atoms with Gasteiger partial charge >= 0.3 is 0 Å². The molecule has 0 amide bonds. The smallest absolute Gasteiger partial charge is 0.134 e. The lowest BCUT2D eigenvalue weighted by Crippen LogP contribution is -2.28. The van der Waals surface area contributed by atoms with Crippen LogP contribution in [0.4, 0.5) is 0 Å². The van der Waals surface area contributed by atoms with Gasteiger partial charge in [-0.1, -0.05) is 18.6 Å². The number of benzene rings is 1. The van der Waals surface area contributed by atoms with Crippen LogP contribution in [0.2, 0.25) is 0 Å². The first-order valence-electron chi connectivity index (χ1n) is 6.57. The normalized spacial score (nSPS) is 11.6. The second-order valence-corrected chi connectivity index (χ2v) is 4.85. The maximum atomic E-state index is 5.84. The molecule has 3 heteroatoms. The Morgan fingerprint density at radius 1 is 1.28 bits per heavy atom. The van der Waals surface area contributed by atoms with Gasteiger partial charge in [0.2, 0.25) is 0 Å². The second-order valence-electron chi connectivity index (χ2n) is 4.85. The van der Waals surface area contributed by atoms with E-state index >= 15 is 0 Å². The van der Waals surface area contributed by atoms with E-state index < -0.39 is 0 Å². The summed E-state index contributed by atoms with van der Waals surface area (Å²) in [6.07, 6.45) is 0. The molecule has 1 N–H and O–H groups in total. The summed E-state index contributed by atoms with van der Waals surface area (Å²) in [6.45, 7) is 8.17. The Morgan fingerprint density at radius 3 is 2.89 bits per heavy atom. The highest BCUT2D eigenvalue weighted by Gasteiger charge is 2.06. The number of likely N-dealkylation sites (N-methyl/N-ethyl adjacent to an activating group) is 2. The fraction of sp³-hybridized carbons (Fsp3) is 0.467. The number of hydrogen-bond acceptors (Lipinski definition) is 3. The Bertz CT molecular complexity index is 504. The molecular formula is C15H22N2O. The van der Waals surface area contributed by atoms with Crippen LogP contribution in [0.1, 0.15) is 18.2 Å². The molecule has 0 saturated heterocycles. The second kappa shape index (κ2) is 6.03. The van der Waals surface area contributed by atoms with Gasteiger partial charge in [0.15, 0.2) is 0 Å². The predicted molar refractivity (Wildman–Crippen MR) is 75.8 cm³/mol. The van der Waals surface area contributed by atoms with Crippen molar-refractivity contribution < 1.29 is 4.42 Å². The fourth-order valence-corrected chi connectivity index (χ4v) is 2.09. The summed E-state index contributed by atoms with van der Waals surface area (Å²) >= 11 is 0. The van der Waals surface area contributed by atoms with E-state index in [1.165, 1.54) is 10.9 Å². The Labute approximate surface area is 109 Å². The number of hydrogen-bond donors (Lipinski definition) is 1. The summed E-state index contributed by atoms with van der Waals surface area (Å²) in [7, 11) is 2.12. The van der Waals surface area contributed by atoms with Crippen LogP contribution in [0.25, 0.3) is 11.0 Å². The van der Waals surface area contributed by atoms with Crippen molar-refractivity contribution in [2.24, 2.45) is 0 Å². The van der Waals surface area contributed by atoms with Gasteiger partial charge in [0.25, 0.3) is 0 Å². The van der Waals surface area contributed by atoms with Gasteiger partial charge in [-0.3, -0.25) is 4.90 Å². The number of nitrogens with zero attached hydrogens (tertiary/aromatic N) is 1. The average molecular weight is 246 g/mol. The summed E-state index contributed by atoms with van der Waals surface area (Å²) in [5.41, 5.74) is 2.26. The van der Waals surface area contributed by atoms with E-state index in [0.29, 0.717) is 0 Å². The van der Waals surface area contributed by atoms with E-state index in [4.69, 9.17) is 4.42 Å². The van der Waals surface area contributed by atoms with Gasteiger partial charge in [-0.2, -0.15) is 0 Å². The summed E-state index contributed by atoms with van der Waals surface area (Å²) in [4.78, 5) is 2.27. The van der Waals surface area contributed by atoms with E-state index in [9.17, 15) is 0 Å². The van der Waals surface area contributed by atoms with Gasteiger partial charge in [-0.05, 0) is 38.7 Å². The summed E-state index contributed by atoms with van der Waals surface area (Å²) in [5, 5.41) is 4.53. The van der Waals surface area contributed by atoms with Gasteiger partial charge in [-0.25, -0.2) is 0 Å². The zero-order valence-electron chi connectivity index (χ0n) is 11.5.